The first kappa shape index (κ1) is 11.7. The highest BCUT2D eigenvalue weighted by Crippen LogP contribution is 2.50. The van der Waals surface area contributed by atoms with E-state index in [4.69, 9.17) is 34.8 Å². The molecule has 3 rings (SSSR count). The van der Waals surface area contributed by atoms with E-state index in [0.29, 0.717) is 15.1 Å². The molecule has 1 aliphatic carbocycles. The van der Waals surface area contributed by atoms with Crippen molar-refractivity contribution in [2.45, 2.75) is 5.25 Å². The largest absolute Gasteiger partial charge is 0.166 e. The average Bonchev–Trinajstić information content (AvgIpc) is 2.53. The van der Waals surface area contributed by atoms with Gasteiger partial charge in [0, 0.05) is 15.6 Å². The van der Waals surface area contributed by atoms with Gasteiger partial charge in [-0.05, 0) is 41.0 Å². The first-order chi connectivity index (χ1) is 8.08. The highest BCUT2D eigenvalue weighted by molar-refractivity contribution is 7.80. The Balaban J connectivity index is 2.35. The van der Waals surface area contributed by atoms with Crippen molar-refractivity contribution in [1.82, 2.24) is 0 Å². The number of hydrogen-bond donors (Lipinski definition) is 1. The van der Waals surface area contributed by atoms with Gasteiger partial charge in [-0.3, -0.25) is 0 Å². The van der Waals surface area contributed by atoms with Crippen molar-refractivity contribution in [3.05, 3.63) is 56.5 Å². The number of rotatable bonds is 0. The van der Waals surface area contributed by atoms with Crippen LogP contribution < -0.4 is 0 Å². The first-order valence-electron chi connectivity index (χ1n) is 5.05. The molecule has 0 saturated heterocycles. The molecule has 0 spiro atoms. The second kappa shape index (κ2) is 4.10. The minimum atomic E-state index is -0.0186. The smallest absolute Gasteiger partial charge is 0.0530 e. The zero-order valence-electron chi connectivity index (χ0n) is 8.55. The van der Waals surface area contributed by atoms with Gasteiger partial charge in [0.1, 0.15) is 0 Å². The van der Waals surface area contributed by atoms with Gasteiger partial charge >= 0.3 is 0 Å². The maximum absolute atomic E-state index is 6.26. The van der Waals surface area contributed by atoms with Crippen molar-refractivity contribution in [3.8, 4) is 11.1 Å². The zero-order valence-corrected chi connectivity index (χ0v) is 11.7. The van der Waals surface area contributed by atoms with Crippen LogP contribution in [0.3, 0.4) is 0 Å². The van der Waals surface area contributed by atoms with Crippen molar-refractivity contribution in [1.29, 1.82) is 0 Å². The quantitative estimate of drug-likeness (QED) is 0.598. The van der Waals surface area contributed by atoms with Crippen molar-refractivity contribution in [2.75, 3.05) is 0 Å². The predicted molar refractivity (Wildman–Crippen MR) is 77.7 cm³/mol. The molecular weight excluding hydrogens is 295 g/mol. The lowest BCUT2D eigenvalue weighted by Crippen LogP contribution is -1.86. The summed E-state index contributed by atoms with van der Waals surface area (Å²) < 4.78 is 0. The minimum Gasteiger partial charge on any atom is -0.166 e. The van der Waals surface area contributed by atoms with Gasteiger partial charge in [0.15, 0.2) is 0 Å². The lowest BCUT2D eigenvalue weighted by atomic mass is 10.1. The number of halogens is 3. The van der Waals surface area contributed by atoms with Crippen LogP contribution in [0.5, 0.6) is 0 Å². The third-order valence-electron chi connectivity index (χ3n) is 2.96. The van der Waals surface area contributed by atoms with E-state index in [1.54, 1.807) is 6.07 Å². The molecule has 0 radical (unpaired) electrons. The molecule has 0 nitrogen and oxygen atoms in total. The molecule has 0 aromatic heterocycles. The molecule has 0 heterocycles. The second-order valence-electron chi connectivity index (χ2n) is 3.99. The third kappa shape index (κ3) is 1.77. The Kier molecular flexibility index (Phi) is 2.83. The van der Waals surface area contributed by atoms with Crippen molar-refractivity contribution >= 4 is 47.4 Å². The fraction of sp³-hybridized carbons (Fsp3) is 0.0769. The van der Waals surface area contributed by atoms with E-state index in [1.807, 2.05) is 24.3 Å². The van der Waals surface area contributed by atoms with E-state index in [9.17, 15) is 0 Å². The molecule has 0 fully saturated rings. The lowest BCUT2D eigenvalue weighted by Gasteiger charge is -2.06. The minimum absolute atomic E-state index is 0.0186. The predicted octanol–water partition coefficient (Wildman–Crippen LogP) is 5.65. The van der Waals surface area contributed by atoms with Gasteiger partial charge in [-0.15, -0.1) is 0 Å². The molecule has 1 aliphatic rings. The summed E-state index contributed by atoms with van der Waals surface area (Å²) in [4.78, 5) is 0. The van der Waals surface area contributed by atoms with Gasteiger partial charge in [0.05, 0.1) is 10.3 Å². The Morgan fingerprint density at radius 1 is 0.882 bits per heavy atom. The topological polar surface area (TPSA) is 0 Å². The summed E-state index contributed by atoms with van der Waals surface area (Å²) >= 11 is 22.9. The van der Waals surface area contributed by atoms with Crippen LogP contribution in [-0.4, -0.2) is 0 Å². The van der Waals surface area contributed by atoms with Crippen molar-refractivity contribution < 1.29 is 0 Å². The van der Waals surface area contributed by atoms with Gasteiger partial charge < -0.3 is 0 Å². The van der Waals surface area contributed by atoms with E-state index < -0.39 is 0 Å². The highest BCUT2D eigenvalue weighted by atomic mass is 35.5. The molecule has 0 unspecified atom stereocenters. The van der Waals surface area contributed by atoms with Crippen LogP contribution in [0.25, 0.3) is 11.1 Å². The Bertz CT molecular complexity index is 622. The molecule has 86 valence electrons. The van der Waals surface area contributed by atoms with Crippen LogP contribution in [0.1, 0.15) is 16.4 Å². The first-order valence-corrected chi connectivity index (χ1v) is 6.70. The van der Waals surface area contributed by atoms with Crippen LogP contribution in [0.2, 0.25) is 15.1 Å². The van der Waals surface area contributed by atoms with Crippen LogP contribution >= 0.6 is 47.4 Å². The number of thiol groups is 1. The molecule has 17 heavy (non-hydrogen) atoms. The van der Waals surface area contributed by atoms with Crippen LogP contribution in [0.15, 0.2) is 30.3 Å². The summed E-state index contributed by atoms with van der Waals surface area (Å²) in [7, 11) is 0. The fourth-order valence-corrected chi connectivity index (χ4v) is 3.46. The molecule has 2 aromatic rings. The van der Waals surface area contributed by atoms with E-state index >= 15 is 0 Å². The maximum Gasteiger partial charge on any atom is 0.0530 e. The van der Waals surface area contributed by atoms with Crippen molar-refractivity contribution in [2.24, 2.45) is 0 Å². The molecule has 0 amide bonds. The van der Waals surface area contributed by atoms with Crippen molar-refractivity contribution in [3.63, 3.8) is 0 Å². The summed E-state index contributed by atoms with van der Waals surface area (Å²) in [5.41, 5.74) is 4.23. The standard InChI is InChI=1S/C13H7Cl3S/c14-6-1-2-8-9(3-6)13(17)10-4-7(15)5-11(16)12(8)10/h1-5,13,17H/t13-/m0/s1. The molecule has 1 atom stereocenters. The molecule has 4 heteroatoms. The van der Waals surface area contributed by atoms with Crippen LogP contribution in [0, 0.1) is 0 Å². The van der Waals surface area contributed by atoms with Crippen LogP contribution in [-0.2, 0) is 0 Å². The Morgan fingerprint density at radius 2 is 1.59 bits per heavy atom. The normalized spacial score (nSPS) is 16.8. The number of fused-ring (bicyclic) bond motifs is 3. The highest BCUT2D eigenvalue weighted by Gasteiger charge is 2.28. The number of benzene rings is 2. The molecule has 0 N–H and O–H groups in total. The Labute approximate surface area is 120 Å². The maximum atomic E-state index is 6.26. The van der Waals surface area contributed by atoms with Gasteiger partial charge in [-0.25, -0.2) is 0 Å². The summed E-state index contributed by atoms with van der Waals surface area (Å²) in [5.74, 6) is 0. The zero-order chi connectivity index (χ0) is 12.2. The molecule has 2 aromatic carbocycles. The summed E-state index contributed by atoms with van der Waals surface area (Å²) in [6.45, 7) is 0. The SMILES string of the molecule is S[C@H]1c2cc(Cl)ccc2-c2c(Cl)cc(Cl)cc21. The van der Waals surface area contributed by atoms with Crippen LogP contribution in [0.4, 0.5) is 0 Å². The average molecular weight is 302 g/mol. The third-order valence-corrected chi connectivity index (χ3v) is 4.27. The van der Waals surface area contributed by atoms with Gasteiger partial charge in [0.25, 0.3) is 0 Å². The Hall–Kier alpha value is -0.340. The molecule has 0 bridgehead atoms. The summed E-state index contributed by atoms with van der Waals surface area (Å²) in [6.07, 6.45) is 0. The Morgan fingerprint density at radius 3 is 2.35 bits per heavy atom. The van der Waals surface area contributed by atoms with Gasteiger partial charge in [-0.1, -0.05) is 40.9 Å². The molecule has 0 aliphatic heterocycles. The van der Waals surface area contributed by atoms with E-state index in [-0.39, 0.29) is 5.25 Å². The van der Waals surface area contributed by atoms with E-state index in [0.717, 1.165) is 22.3 Å². The van der Waals surface area contributed by atoms with Gasteiger partial charge in [0.2, 0.25) is 0 Å². The summed E-state index contributed by atoms with van der Waals surface area (Å²) in [5, 5.41) is 1.98. The second-order valence-corrected chi connectivity index (χ2v) is 5.78. The molecular formula is C13H7Cl3S. The number of hydrogen-bond acceptors (Lipinski definition) is 1. The lowest BCUT2D eigenvalue weighted by molar-refractivity contribution is 1.23. The van der Waals surface area contributed by atoms with E-state index in [2.05, 4.69) is 12.6 Å². The van der Waals surface area contributed by atoms with E-state index in [1.165, 1.54) is 0 Å². The molecule has 0 saturated carbocycles. The van der Waals surface area contributed by atoms with Gasteiger partial charge in [-0.2, -0.15) is 12.6 Å². The fourth-order valence-electron chi connectivity index (χ4n) is 2.25. The summed E-state index contributed by atoms with van der Waals surface area (Å²) in [6, 6.07) is 9.44. The monoisotopic (exact) mass is 300 g/mol.